The predicted octanol–water partition coefficient (Wildman–Crippen LogP) is 2.12. The van der Waals surface area contributed by atoms with Gasteiger partial charge in [-0.05, 0) is 24.5 Å². The van der Waals surface area contributed by atoms with Gasteiger partial charge in [0.25, 0.3) is 5.91 Å². The summed E-state index contributed by atoms with van der Waals surface area (Å²) < 4.78 is 10.3. The van der Waals surface area contributed by atoms with Gasteiger partial charge in [0.05, 0.1) is 12.2 Å². The van der Waals surface area contributed by atoms with E-state index >= 15 is 0 Å². The largest absolute Gasteiger partial charge is 0.481 e. The van der Waals surface area contributed by atoms with E-state index in [1.54, 1.807) is 17.0 Å². The van der Waals surface area contributed by atoms with Crippen molar-refractivity contribution in [1.29, 1.82) is 0 Å². The number of carboxylic acids is 1. The SMILES string of the molecule is CC1CN(C(=O)c2cc(-c3ccco3)on2)CCC1C(=O)O. The fourth-order valence-corrected chi connectivity index (χ4v) is 2.77. The third kappa shape index (κ3) is 2.61. The zero-order valence-electron chi connectivity index (χ0n) is 12.1. The highest BCUT2D eigenvalue weighted by Crippen LogP contribution is 2.26. The molecule has 3 heterocycles. The highest BCUT2D eigenvalue weighted by Gasteiger charge is 2.34. The average molecular weight is 304 g/mol. The molecule has 2 aromatic rings. The van der Waals surface area contributed by atoms with Crippen molar-refractivity contribution in [3.63, 3.8) is 0 Å². The van der Waals surface area contributed by atoms with Crippen molar-refractivity contribution >= 4 is 11.9 Å². The van der Waals surface area contributed by atoms with E-state index in [1.807, 2.05) is 6.92 Å². The number of hydrogen-bond acceptors (Lipinski definition) is 5. The maximum absolute atomic E-state index is 12.4. The van der Waals surface area contributed by atoms with Gasteiger partial charge in [-0.2, -0.15) is 0 Å². The summed E-state index contributed by atoms with van der Waals surface area (Å²) in [5.74, 6) is -0.656. The van der Waals surface area contributed by atoms with Gasteiger partial charge >= 0.3 is 5.97 Å². The Labute approximate surface area is 126 Å². The van der Waals surface area contributed by atoms with Crippen molar-refractivity contribution in [3.8, 4) is 11.5 Å². The normalized spacial score (nSPS) is 21.8. The van der Waals surface area contributed by atoms with Gasteiger partial charge in [-0.15, -0.1) is 0 Å². The molecule has 1 saturated heterocycles. The molecule has 0 spiro atoms. The van der Waals surface area contributed by atoms with E-state index in [0.717, 1.165) is 0 Å². The van der Waals surface area contributed by atoms with Gasteiger partial charge in [0.15, 0.2) is 11.5 Å². The zero-order chi connectivity index (χ0) is 15.7. The van der Waals surface area contributed by atoms with E-state index in [2.05, 4.69) is 5.16 Å². The molecule has 3 rings (SSSR count). The van der Waals surface area contributed by atoms with Crippen LogP contribution in [0.25, 0.3) is 11.5 Å². The highest BCUT2D eigenvalue weighted by atomic mass is 16.5. The quantitative estimate of drug-likeness (QED) is 0.933. The molecule has 0 radical (unpaired) electrons. The van der Waals surface area contributed by atoms with Gasteiger partial charge in [-0.25, -0.2) is 0 Å². The predicted molar refractivity (Wildman–Crippen MR) is 75.0 cm³/mol. The Balaban J connectivity index is 1.71. The fourth-order valence-electron chi connectivity index (χ4n) is 2.77. The Morgan fingerprint density at radius 2 is 2.23 bits per heavy atom. The molecule has 2 unspecified atom stereocenters. The lowest BCUT2D eigenvalue weighted by molar-refractivity contribution is -0.145. The van der Waals surface area contributed by atoms with E-state index < -0.39 is 11.9 Å². The average Bonchev–Trinajstić information content (AvgIpc) is 3.16. The van der Waals surface area contributed by atoms with Gasteiger partial charge in [0.1, 0.15) is 0 Å². The summed E-state index contributed by atoms with van der Waals surface area (Å²) >= 11 is 0. The third-order valence-electron chi connectivity index (χ3n) is 4.00. The lowest BCUT2D eigenvalue weighted by Crippen LogP contribution is -2.45. The number of rotatable bonds is 3. The van der Waals surface area contributed by atoms with Crippen LogP contribution >= 0.6 is 0 Å². The molecule has 0 aromatic carbocycles. The lowest BCUT2D eigenvalue weighted by atomic mass is 9.87. The first-order chi connectivity index (χ1) is 10.6. The molecule has 7 nitrogen and oxygen atoms in total. The minimum Gasteiger partial charge on any atom is -0.481 e. The van der Waals surface area contributed by atoms with Crippen molar-refractivity contribution in [1.82, 2.24) is 10.1 Å². The second kappa shape index (κ2) is 5.67. The van der Waals surface area contributed by atoms with Crippen LogP contribution in [-0.4, -0.2) is 40.1 Å². The van der Waals surface area contributed by atoms with Crippen LogP contribution in [0.15, 0.2) is 33.4 Å². The Hall–Kier alpha value is -2.57. The minimum absolute atomic E-state index is 0.0911. The number of carbonyl (C=O) groups excluding carboxylic acids is 1. The van der Waals surface area contributed by atoms with Crippen LogP contribution in [0.1, 0.15) is 23.8 Å². The third-order valence-corrected chi connectivity index (χ3v) is 4.00. The van der Waals surface area contributed by atoms with Crippen LogP contribution in [0.2, 0.25) is 0 Å². The zero-order valence-corrected chi connectivity index (χ0v) is 12.1. The molecule has 116 valence electrons. The van der Waals surface area contributed by atoms with Gasteiger partial charge in [0, 0.05) is 19.2 Å². The highest BCUT2D eigenvalue weighted by molar-refractivity contribution is 5.93. The summed E-state index contributed by atoms with van der Waals surface area (Å²) in [7, 11) is 0. The van der Waals surface area contributed by atoms with Gasteiger partial charge in [-0.1, -0.05) is 12.1 Å². The molecule has 1 fully saturated rings. The van der Waals surface area contributed by atoms with Gasteiger partial charge in [-0.3, -0.25) is 9.59 Å². The maximum atomic E-state index is 12.4. The second-order valence-corrected chi connectivity index (χ2v) is 5.52. The molecule has 1 amide bonds. The van der Waals surface area contributed by atoms with Crippen molar-refractivity contribution in [2.24, 2.45) is 11.8 Å². The van der Waals surface area contributed by atoms with Crippen LogP contribution in [0.5, 0.6) is 0 Å². The summed E-state index contributed by atoms with van der Waals surface area (Å²) in [6.45, 7) is 2.65. The Morgan fingerprint density at radius 3 is 2.86 bits per heavy atom. The molecule has 0 saturated carbocycles. The van der Waals surface area contributed by atoms with E-state index in [0.29, 0.717) is 31.0 Å². The van der Waals surface area contributed by atoms with Crippen LogP contribution in [-0.2, 0) is 4.79 Å². The maximum Gasteiger partial charge on any atom is 0.306 e. The van der Waals surface area contributed by atoms with E-state index in [1.165, 1.54) is 12.3 Å². The molecule has 7 heteroatoms. The number of aliphatic carboxylic acids is 1. The first kappa shape index (κ1) is 14.4. The summed E-state index contributed by atoms with van der Waals surface area (Å²) in [4.78, 5) is 25.2. The number of carbonyl (C=O) groups is 2. The summed E-state index contributed by atoms with van der Waals surface area (Å²) in [5, 5.41) is 12.9. The Bertz CT molecular complexity index is 676. The lowest BCUT2D eigenvalue weighted by Gasteiger charge is -2.34. The molecular formula is C15H16N2O5. The van der Waals surface area contributed by atoms with Crippen LogP contribution in [0, 0.1) is 11.8 Å². The van der Waals surface area contributed by atoms with Crippen molar-refractivity contribution in [3.05, 3.63) is 30.2 Å². The molecule has 0 aliphatic carbocycles. The summed E-state index contributed by atoms with van der Waals surface area (Å²) in [5.41, 5.74) is 0.201. The molecule has 1 N–H and O–H groups in total. The van der Waals surface area contributed by atoms with Gasteiger partial charge in [0.2, 0.25) is 5.76 Å². The van der Waals surface area contributed by atoms with Crippen molar-refractivity contribution < 1.29 is 23.6 Å². The molecule has 0 bridgehead atoms. The molecule has 1 aliphatic rings. The first-order valence-corrected chi connectivity index (χ1v) is 7.09. The molecule has 2 atom stereocenters. The number of hydrogen-bond donors (Lipinski definition) is 1. The van der Waals surface area contributed by atoms with E-state index in [-0.39, 0.29) is 17.5 Å². The number of furan rings is 1. The molecular weight excluding hydrogens is 288 g/mol. The Kier molecular flexibility index (Phi) is 3.70. The van der Waals surface area contributed by atoms with Gasteiger partial charge < -0.3 is 18.9 Å². The van der Waals surface area contributed by atoms with E-state index in [4.69, 9.17) is 14.0 Å². The number of amides is 1. The van der Waals surface area contributed by atoms with Crippen LogP contribution in [0.3, 0.4) is 0 Å². The second-order valence-electron chi connectivity index (χ2n) is 5.52. The molecule has 1 aliphatic heterocycles. The fraction of sp³-hybridized carbons (Fsp3) is 0.400. The monoisotopic (exact) mass is 304 g/mol. The number of carboxylic acid groups (broad SMARTS) is 1. The topological polar surface area (TPSA) is 96.8 Å². The van der Waals surface area contributed by atoms with Crippen LogP contribution < -0.4 is 0 Å². The summed E-state index contributed by atoms with van der Waals surface area (Å²) in [6.07, 6.45) is 1.96. The summed E-state index contributed by atoms with van der Waals surface area (Å²) in [6, 6.07) is 4.97. The van der Waals surface area contributed by atoms with Crippen molar-refractivity contribution in [2.45, 2.75) is 13.3 Å². The minimum atomic E-state index is -0.804. The number of piperidine rings is 1. The molecule has 2 aromatic heterocycles. The number of aromatic nitrogens is 1. The standard InChI is InChI=1S/C15H16N2O5/c1-9-8-17(5-4-10(9)15(19)20)14(18)11-7-13(22-16-11)12-3-2-6-21-12/h2-3,6-7,9-10H,4-5,8H2,1H3,(H,19,20). The smallest absolute Gasteiger partial charge is 0.306 e. The van der Waals surface area contributed by atoms with Crippen LogP contribution in [0.4, 0.5) is 0 Å². The Morgan fingerprint density at radius 1 is 1.41 bits per heavy atom. The number of nitrogens with zero attached hydrogens (tertiary/aromatic N) is 2. The number of likely N-dealkylation sites (tertiary alicyclic amines) is 1. The van der Waals surface area contributed by atoms with Crippen molar-refractivity contribution in [2.75, 3.05) is 13.1 Å². The van der Waals surface area contributed by atoms with E-state index in [9.17, 15) is 9.59 Å². The molecule has 22 heavy (non-hydrogen) atoms. The first-order valence-electron chi connectivity index (χ1n) is 7.09.